The fourth-order valence-corrected chi connectivity index (χ4v) is 2.29. The third-order valence-corrected chi connectivity index (χ3v) is 3.57. The van der Waals surface area contributed by atoms with Gasteiger partial charge in [0.25, 0.3) is 0 Å². The minimum atomic E-state index is 0.395. The molecule has 0 N–H and O–H groups in total. The zero-order chi connectivity index (χ0) is 14.5. The Morgan fingerprint density at radius 2 is 2.05 bits per heavy atom. The first-order valence-corrected chi connectivity index (χ1v) is 7.55. The molecule has 2 aromatic rings. The number of benzene rings is 1. The molecule has 1 aromatic carbocycles. The predicted molar refractivity (Wildman–Crippen MR) is 88.3 cm³/mol. The normalized spacial score (nSPS) is 11.0. The maximum absolute atomic E-state index is 6.31. The molecule has 0 aliphatic carbocycles. The monoisotopic (exact) mass is 371 g/mol. The molecule has 1 aromatic heterocycles. The first-order valence-electron chi connectivity index (χ1n) is 5.88. The van der Waals surface area contributed by atoms with Crippen LogP contribution in [-0.4, -0.2) is 16.5 Å². The molecule has 0 saturated carbocycles. The van der Waals surface area contributed by atoms with Crippen LogP contribution in [0, 0.1) is 6.92 Å². The van der Waals surface area contributed by atoms with Crippen molar-refractivity contribution in [2.75, 3.05) is 11.4 Å². The second kappa shape index (κ2) is 7.07. The maximum Gasteiger partial charge on any atom is 0.138 e. The van der Waals surface area contributed by atoms with Crippen molar-refractivity contribution in [3.63, 3.8) is 0 Å². The number of nitrogens with zero attached hydrogens (tertiary/aromatic N) is 3. The van der Waals surface area contributed by atoms with Gasteiger partial charge in [0.15, 0.2) is 0 Å². The Hall–Kier alpha value is -1.10. The highest BCUT2D eigenvalue weighted by Crippen LogP contribution is 2.32. The van der Waals surface area contributed by atoms with E-state index in [9.17, 15) is 0 Å². The van der Waals surface area contributed by atoms with Gasteiger partial charge in [0.1, 0.15) is 17.3 Å². The highest BCUT2D eigenvalue weighted by molar-refractivity contribution is 9.11. The molecule has 0 aliphatic heterocycles. The number of anilines is 2. The molecule has 1 heterocycles. The van der Waals surface area contributed by atoms with Crippen LogP contribution >= 0.6 is 39.1 Å². The Balaban J connectivity index is 2.49. The van der Waals surface area contributed by atoms with Gasteiger partial charge in [0.05, 0.1) is 10.7 Å². The summed E-state index contributed by atoms with van der Waals surface area (Å²) in [4.78, 5) is 11.9. The summed E-state index contributed by atoms with van der Waals surface area (Å²) in [5.41, 5.74) is 2.00. The van der Waals surface area contributed by atoms with Gasteiger partial charge < -0.3 is 4.90 Å². The van der Waals surface area contributed by atoms with Gasteiger partial charge in [-0.3, -0.25) is 0 Å². The van der Waals surface area contributed by atoms with Crippen molar-refractivity contribution >= 4 is 50.6 Å². The molecule has 6 heteroatoms. The third-order valence-electron chi connectivity index (χ3n) is 2.67. The lowest BCUT2D eigenvalue weighted by molar-refractivity contribution is 1.02. The van der Waals surface area contributed by atoms with Crippen LogP contribution in [0.5, 0.6) is 0 Å². The van der Waals surface area contributed by atoms with Gasteiger partial charge in [-0.05, 0) is 29.6 Å². The van der Waals surface area contributed by atoms with Crippen LogP contribution in [-0.2, 0) is 0 Å². The van der Waals surface area contributed by atoms with E-state index in [1.54, 1.807) is 11.1 Å². The fraction of sp³-hybridized carbons (Fsp3) is 0.143. The molecule has 2 rings (SSSR count). The molecule has 0 atom stereocenters. The highest BCUT2D eigenvalue weighted by Gasteiger charge is 2.13. The van der Waals surface area contributed by atoms with Gasteiger partial charge in [-0.15, -0.1) is 0 Å². The van der Waals surface area contributed by atoms with E-state index in [4.69, 9.17) is 23.2 Å². The summed E-state index contributed by atoms with van der Waals surface area (Å²) in [5, 5.41) is 1.06. The van der Waals surface area contributed by atoms with Gasteiger partial charge >= 0.3 is 0 Å². The van der Waals surface area contributed by atoms with Gasteiger partial charge in [-0.1, -0.05) is 51.3 Å². The lowest BCUT2D eigenvalue weighted by Crippen LogP contribution is -2.18. The van der Waals surface area contributed by atoms with E-state index >= 15 is 0 Å². The highest BCUT2D eigenvalue weighted by atomic mass is 79.9. The summed E-state index contributed by atoms with van der Waals surface area (Å²) in [6.45, 7) is 2.63. The fourth-order valence-electron chi connectivity index (χ4n) is 1.76. The minimum Gasteiger partial charge on any atom is -0.321 e. The summed E-state index contributed by atoms with van der Waals surface area (Å²) in [6.07, 6.45) is 3.39. The first-order chi connectivity index (χ1) is 9.61. The number of hydrogen-bond acceptors (Lipinski definition) is 3. The van der Waals surface area contributed by atoms with E-state index in [0.29, 0.717) is 22.5 Å². The molecule has 0 unspecified atom stereocenters. The van der Waals surface area contributed by atoms with Crippen molar-refractivity contribution < 1.29 is 0 Å². The molecule has 0 amide bonds. The molecular formula is C14H12BrCl2N3. The van der Waals surface area contributed by atoms with Gasteiger partial charge in [-0.25, -0.2) is 9.97 Å². The predicted octanol–water partition coefficient (Wildman–Crippen LogP) is 5.14. The van der Waals surface area contributed by atoms with Gasteiger partial charge in [0, 0.05) is 12.6 Å². The summed E-state index contributed by atoms with van der Waals surface area (Å²) >= 11 is 15.5. The lowest BCUT2D eigenvalue weighted by Gasteiger charge is -2.23. The zero-order valence-corrected chi connectivity index (χ0v) is 13.8. The smallest absolute Gasteiger partial charge is 0.138 e. The maximum atomic E-state index is 6.31. The molecule has 0 radical (unpaired) electrons. The molecule has 0 spiro atoms. The van der Waals surface area contributed by atoms with Crippen LogP contribution in [0.4, 0.5) is 11.5 Å². The van der Waals surface area contributed by atoms with E-state index in [-0.39, 0.29) is 0 Å². The van der Waals surface area contributed by atoms with E-state index in [1.807, 2.05) is 36.1 Å². The van der Waals surface area contributed by atoms with Crippen LogP contribution in [0.15, 0.2) is 41.7 Å². The SMILES string of the molecule is Cc1ccc(Cl)c(N(CC=CBr)c2cc(Cl)ncn2)c1. The van der Waals surface area contributed by atoms with Crippen LogP contribution in [0.2, 0.25) is 10.2 Å². The molecule has 20 heavy (non-hydrogen) atoms. The number of rotatable bonds is 4. The molecule has 0 bridgehead atoms. The van der Waals surface area contributed by atoms with Gasteiger partial charge in [-0.2, -0.15) is 0 Å². The molecule has 104 valence electrons. The Morgan fingerprint density at radius 1 is 1.25 bits per heavy atom. The summed E-state index contributed by atoms with van der Waals surface area (Å²) in [5.74, 6) is 0.697. The lowest BCUT2D eigenvalue weighted by atomic mass is 10.2. The van der Waals surface area contributed by atoms with Crippen molar-refractivity contribution in [2.24, 2.45) is 0 Å². The van der Waals surface area contributed by atoms with Crippen LogP contribution in [0.3, 0.4) is 0 Å². The average molecular weight is 373 g/mol. The molecule has 0 fully saturated rings. The standard InChI is InChI=1S/C14H12BrCl2N3/c1-10-3-4-11(16)12(7-10)20(6-2-5-15)14-8-13(17)18-9-19-14/h2-5,7-9H,6H2,1H3. The van der Waals surface area contributed by atoms with Crippen LogP contribution in [0.1, 0.15) is 5.56 Å². The summed E-state index contributed by atoms with van der Waals surface area (Å²) in [6, 6.07) is 7.57. The topological polar surface area (TPSA) is 29.0 Å². The Labute approximate surface area is 136 Å². The zero-order valence-electron chi connectivity index (χ0n) is 10.7. The van der Waals surface area contributed by atoms with E-state index in [2.05, 4.69) is 25.9 Å². The van der Waals surface area contributed by atoms with E-state index in [1.165, 1.54) is 6.33 Å². The summed E-state index contributed by atoms with van der Waals surface area (Å²) < 4.78 is 0. The van der Waals surface area contributed by atoms with Crippen molar-refractivity contribution in [3.05, 3.63) is 57.4 Å². The first kappa shape index (κ1) is 15.3. The van der Waals surface area contributed by atoms with E-state index < -0.39 is 0 Å². The summed E-state index contributed by atoms with van der Waals surface area (Å²) in [7, 11) is 0. The number of aromatic nitrogens is 2. The number of hydrogen-bond donors (Lipinski definition) is 0. The quantitative estimate of drug-likeness (QED) is 0.696. The van der Waals surface area contributed by atoms with Crippen molar-refractivity contribution in [1.29, 1.82) is 0 Å². The van der Waals surface area contributed by atoms with Crippen LogP contribution in [0.25, 0.3) is 0 Å². The second-order valence-electron chi connectivity index (χ2n) is 4.13. The second-order valence-corrected chi connectivity index (χ2v) is 5.45. The number of aryl methyl sites for hydroxylation is 1. The average Bonchev–Trinajstić information content (AvgIpc) is 2.43. The Bertz CT molecular complexity index is 632. The van der Waals surface area contributed by atoms with Crippen molar-refractivity contribution in [1.82, 2.24) is 9.97 Å². The molecular weight excluding hydrogens is 361 g/mol. The van der Waals surface area contributed by atoms with E-state index in [0.717, 1.165) is 11.3 Å². The van der Waals surface area contributed by atoms with Crippen molar-refractivity contribution in [2.45, 2.75) is 6.92 Å². The van der Waals surface area contributed by atoms with Gasteiger partial charge in [0.2, 0.25) is 0 Å². The largest absolute Gasteiger partial charge is 0.321 e. The third kappa shape index (κ3) is 3.72. The molecule has 0 saturated heterocycles. The van der Waals surface area contributed by atoms with Crippen molar-refractivity contribution in [3.8, 4) is 0 Å². The Kier molecular flexibility index (Phi) is 5.40. The molecule has 3 nitrogen and oxygen atoms in total. The minimum absolute atomic E-state index is 0.395. The Morgan fingerprint density at radius 3 is 2.75 bits per heavy atom. The number of halogens is 3. The van der Waals surface area contributed by atoms with Crippen LogP contribution < -0.4 is 4.90 Å². The molecule has 0 aliphatic rings.